The van der Waals surface area contributed by atoms with Crippen molar-refractivity contribution in [2.45, 2.75) is 5.85 Å². The molecule has 1 aromatic carbocycles. The summed E-state index contributed by atoms with van der Waals surface area (Å²) >= 11 is 0. The van der Waals surface area contributed by atoms with E-state index in [1.54, 1.807) is 12.1 Å². The molecule has 12 heavy (non-hydrogen) atoms. The van der Waals surface area contributed by atoms with Gasteiger partial charge in [-0.3, -0.25) is 0 Å². The Bertz CT molecular complexity index is 215. The highest BCUT2D eigenvalue weighted by molar-refractivity contribution is 7.33. The van der Waals surface area contributed by atoms with Crippen LogP contribution in [0.1, 0.15) is 0 Å². The Hall–Kier alpha value is -0.630. The molecule has 2 unspecified atom stereocenters. The van der Waals surface area contributed by atoms with Gasteiger partial charge in [-0.15, -0.1) is 0 Å². The zero-order valence-corrected chi connectivity index (χ0v) is 7.47. The molecule has 0 aliphatic rings. The smallest absolute Gasteiger partial charge is 0.129 e. The highest BCUT2D eigenvalue weighted by Crippen LogP contribution is 2.22. The minimum absolute atomic E-state index is 0.111. The molecule has 0 aromatic heterocycles. The highest BCUT2D eigenvalue weighted by Gasteiger charge is 2.02. The SMILES string of the molecule is OCC(O)POc1ccccc1. The first kappa shape index (κ1) is 9.46. The lowest BCUT2D eigenvalue weighted by Crippen LogP contribution is -2.05. The molecule has 1 aromatic rings. The predicted octanol–water partition coefficient (Wildman–Crippen LogP) is 0.970. The van der Waals surface area contributed by atoms with Crippen molar-refractivity contribution >= 4 is 8.81 Å². The molecule has 0 radical (unpaired) electrons. The van der Waals surface area contributed by atoms with E-state index in [9.17, 15) is 0 Å². The molecule has 1 rings (SSSR count). The van der Waals surface area contributed by atoms with Crippen LogP contribution in [0.4, 0.5) is 0 Å². The highest BCUT2D eigenvalue weighted by atomic mass is 31.1. The molecule has 0 fully saturated rings. The Morgan fingerprint density at radius 3 is 2.58 bits per heavy atom. The number of hydrogen-bond donors (Lipinski definition) is 2. The molecule has 2 atom stereocenters. The molecule has 0 aliphatic carbocycles. The van der Waals surface area contributed by atoms with Crippen LogP contribution in [0.3, 0.4) is 0 Å². The van der Waals surface area contributed by atoms with E-state index in [4.69, 9.17) is 14.7 Å². The van der Waals surface area contributed by atoms with Crippen LogP contribution in [0.2, 0.25) is 0 Å². The maximum absolute atomic E-state index is 8.96. The van der Waals surface area contributed by atoms with Crippen molar-refractivity contribution in [1.29, 1.82) is 0 Å². The zero-order chi connectivity index (χ0) is 8.81. The van der Waals surface area contributed by atoms with Crippen molar-refractivity contribution in [2.24, 2.45) is 0 Å². The zero-order valence-electron chi connectivity index (χ0n) is 6.47. The Balaban J connectivity index is 2.33. The molecule has 0 spiro atoms. The molecule has 0 saturated carbocycles. The van der Waals surface area contributed by atoms with Gasteiger partial charge >= 0.3 is 0 Å². The number of aliphatic hydroxyl groups is 2. The van der Waals surface area contributed by atoms with Crippen LogP contribution >= 0.6 is 8.81 Å². The van der Waals surface area contributed by atoms with Crippen molar-refractivity contribution < 1.29 is 14.7 Å². The second-order valence-electron chi connectivity index (χ2n) is 2.23. The number of benzene rings is 1. The second-order valence-corrected chi connectivity index (χ2v) is 3.34. The molecule has 3 nitrogen and oxygen atoms in total. The van der Waals surface area contributed by atoms with Crippen molar-refractivity contribution in [1.82, 2.24) is 0 Å². The molecule has 0 heterocycles. The van der Waals surface area contributed by atoms with E-state index >= 15 is 0 Å². The van der Waals surface area contributed by atoms with Gasteiger partial charge in [-0.1, -0.05) is 18.2 Å². The lowest BCUT2D eigenvalue weighted by Gasteiger charge is -2.08. The van der Waals surface area contributed by atoms with Gasteiger partial charge in [-0.05, 0) is 12.1 Å². The monoisotopic (exact) mass is 186 g/mol. The van der Waals surface area contributed by atoms with Gasteiger partial charge in [0, 0.05) is 0 Å². The van der Waals surface area contributed by atoms with Crippen LogP contribution < -0.4 is 4.52 Å². The number of aliphatic hydroxyl groups excluding tert-OH is 2. The average molecular weight is 186 g/mol. The molecule has 0 saturated heterocycles. The fourth-order valence-electron chi connectivity index (χ4n) is 0.662. The van der Waals surface area contributed by atoms with Crippen LogP contribution in [0.5, 0.6) is 5.75 Å². The van der Waals surface area contributed by atoms with Gasteiger partial charge in [0.15, 0.2) is 0 Å². The van der Waals surface area contributed by atoms with Crippen molar-refractivity contribution in [2.75, 3.05) is 6.61 Å². The summed E-state index contributed by atoms with van der Waals surface area (Å²) in [4.78, 5) is 0. The Kier molecular flexibility index (Phi) is 4.01. The van der Waals surface area contributed by atoms with Gasteiger partial charge in [-0.2, -0.15) is 0 Å². The maximum atomic E-state index is 8.96. The van der Waals surface area contributed by atoms with E-state index in [0.29, 0.717) is 5.75 Å². The third-order valence-electron chi connectivity index (χ3n) is 1.23. The number of hydrogen-bond acceptors (Lipinski definition) is 3. The number of para-hydroxylation sites is 1. The number of rotatable bonds is 4. The normalized spacial score (nSPS) is 13.5. The molecule has 2 N–H and O–H groups in total. The summed E-state index contributed by atoms with van der Waals surface area (Å²) in [5, 5.41) is 17.4. The fourth-order valence-corrected chi connectivity index (χ4v) is 1.14. The van der Waals surface area contributed by atoms with E-state index in [-0.39, 0.29) is 15.4 Å². The Morgan fingerprint density at radius 1 is 1.33 bits per heavy atom. The van der Waals surface area contributed by atoms with E-state index in [0.717, 1.165) is 0 Å². The van der Waals surface area contributed by atoms with Crippen LogP contribution in [0, 0.1) is 0 Å². The van der Waals surface area contributed by atoms with Crippen molar-refractivity contribution in [3.8, 4) is 5.75 Å². The molecular weight excluding hydrogens is 175 g/mol. The Labute approximate surface area is 72.9 Å². The molecule has 0 amide bonds. The van der Waals surface area contributed by atoms with Gasteiger partial charge in [0.1, 0.15) is 20.4 Å². The van der Waals surface area contributed by atoms with Crippen LogP contribution in [0.15, 0.2) is 30.3 Å². The van der Waals surface area contributed by atoms with Crippen molar-refractivity contribution in [3.63, 3.8) is 0 Å². The van der Waals surface area contributed by atoms with E-state index in [1.807, 2.05) is 18.2 Å². The predicted molar refractivity (Wildman–Crippen MR) is 48.5 cm³/mol. The average Bonchev–Trinajstić information content (AvgIpc) is 2.16. The minimum atomic E-state index is -0.773. The summed E-state index contributed by atoms with van der Waals surface area (Å²) in [5.74, 6) is -0.0615. The standard InChI is InChI=1S/C8H11O3P/c9-6-8(10)12-11-7-4-2-1-3-5-7/h1-5,8-10,12H,6H2. The van der Waals surface area contributed by atoms with E-state index in [2.05, 4.69) is 0 Å². The van der Waals surface area contributed by atoms with Gasteiger partial charge < -0.3 is 14.7 Å². The topological polar surface area (TPSA) is 49.7 Å². The lowest BCUT2D eigenvalue weighted by atomic mass is 10.3. The third kappa shape index (κ3) is 3.18. The summed E-state index contributed by atoms with van der Waals surface area (Å²) in [5.41, 5.74) is 0. The van der Waals surface area contributed by atoms with Crippen LogP contribution in [-0.2, 0) is 0 Å². The fraction of sp³-hybridized carbons (Fsp3) is 0.250. The second kappa shape index (κ2) is 5.09. The molecule has 66 valence electrons. The van der Waals surface area contributed by atoms with Crippen LogP contribution in [0.25, 0.3) is 0 Å². The quantitative estimate of drug-likeness (QED) is 0.689. The summed E-state index contributed by atoms with van der Waals surface area (Å²) in [6.07, 6.45) is 0. The minimum Gasteiger partial charge on any atom is -0.474 e. The molecule has 0 bridgehead atoms. The molecule has 0 aliphatic heterocycles. The lowest BCUT2D eigenvalue weighted by molar-refractivity contribution is 0.153. The van der Waals surface area contributed by atoms with Gasteiger partial charge in [0.2, 0.25) is 0 Å². The van der Waals surface area contributed by atoms with Crippen LogP contribution in [-0.4, -0.2) is 22.7 Å². The first-order valence-corrected chi connectivity index (χ1v) is 4.58. The first-order valence-electron chi connectivity index (χ1n) is 3.59. The summed E-state index contributed by atoms with van der Waals surface area (Å²) < 4.78 is 5.18. The largest absolute Gasteiger partial charge is 0.474 e. The molecular formula is C8H11O3P. The first-order chi connectivity index (χ1) is 5.83. The van der Waals surface area contributed by atoms with Gasteiger partial charge in [0.05, 0.1) is 6.61 Å². The molecule has 4 heteroatoms. The van der Waals surface area contributed by atoms with E-state index in [1.165, 1.54) is 0 Å². The van der Waals surface area contributed by atoms with Gasteiger partial charge in [0.25, 0.3) is 0 Å². The summed E-state index contributed by atoms with van der Waals surface area (Å²) in [6.45, 7) is -0.259. The van der Waals surface area contributed by atoms with Crippen molar-refractivity contribution in [3.05, 3.63) is 30.3 Å². The van der Waals surface area contributed by atoms with Gasteiger partial charge in [-0.25, -0.2) is 0 Å². The Morgan fingerprint density at radius 2 is 2.00 bits per heavy atom. The summed E-state index contributed by atoms with van der Waals surface area (Å²) in [7, 11) is -0.111. The van der Waals surface area contributed by atoms with E-state index < -0.39 is 5.85 Å². The maximum Gasteiger partial charge on any atom is 0.129 e. The third-order valence-corrected chi connectivity index (χ3v) is 2.04. The summed E-state index contributed by atoms with van der Waals surface area (Å²) in [6, 6.07) is 9.20.